The van der Waals surface area contributed by atoms with Crippen LogP contribution in [0.3, 0.4) is 0 Å². The van der Waals surface area contributed by atoms with Gasteiger partial charge in [0.2, 0.25) is 5.91 Å². The van der Waals surface area contributed by atoms with E-state index >= 15 is 0 Å². The highest BCUT2D eigenvalue weighted by Gasteiger charge is 2.58. The molecule has 0 fully saturated rings. The molecule has 0 saturated heterocycles. The third kappa shape index (κ3) is 3.94. The lowest BCUT2D eigenvalue weighted by atomic mass is 9.59. The first kappa shape index (κ1) is 25.1. The highest BCUT2D eigenvalue weighted by molar-refractivity contribution is 6.13. The summed E-state index contributed by atoms with van der Waals surface area (Å²) in [5.41, 5.74) is 5.80. The number of phenolic OH excluding ortho intramolecular Hbond substituents is 1. The van der Waals surface area contributed by atoms with Crippen LogP contribution in [0.5, 0.6) is 5.75 Å². The second-order valence-corrected chi connectivity index (χ2v) is 10.8. The molecule has 194 valence electrons. The highest BCUT2D eigenvalue weighted by atomic mass is 16.3. The van der Waals surface area contributed by atoms with E-state index < -0.39 is 47.3 Å². The summed E-state index contributed by atoms with van der Waals surface area (Å²) in [6, 6.07) is 2.36. The minimum absolute atomic E-state index is 0.0318. The molecule has 4 aliphatic rings. The number of amides is 1. The normalized spacial score (nSPS) is 29.1. The van der Waals surface area contributed by atoms with E-state index in [1.807, 2.05) is 0 Å². The number of benzene rings is 1. The average Bonchev–Trinajstić information content (AvgIpc) is 2.85. The summed E-state index contributed by atoms with van der Waals surface area (Å²) in [6.45, 7) is 0. The number of likely N-dealkylation sites (N-methyl/N-ethyl adjacent to an activating group) is 1. The Labute approximate surface area is 215 Å². The number of rotatable bonds is 2. The van der Waals surface area contributed by atoms with Gasteiger partial charge in [0.05, 0.1) is 17.2 Å². The maximum atomic E-state index is 13.7. The largest absolute Gasteiger partial charge is 0.510 e. The quantitative estimate of drug-likeness (QED) is 0.390. The van der Waals surface area contributed by atoms with Crippen LogP contribution in [-0.4, -0.2) is 62.8 Å². The van der Waals surface area contributed by atoms with Crippen LogP contribution in [0.25, 0.3) is 0 Å². The van der Waals surface area contributed by atoms with Crippen molar-refractivity contribution in [2.24, 2.45) is 17.6 Å². The van der Waals surface area contributed by atoms with Crippen LogP contribution < -0.4 is 5.73 Å². The van der Waals surface area contributed by atoms with E-state index in [1.165, 1.54) is 6.07 Å². The maximum absolute atomic E-state index is 13.7. The Morgan fingerprint density at radius 2 is 1.92 bits per heavy atom. The lowest BCUT2D eigenvalue weighted by Crippen LogP contribution is -2.59. The second-order valence-electron chi connectivity index (χ2n) is 10.8. The molecule has 0 heterocycles. The number of hydrogen-bond donors (Lipinski definition) is 5. The second kappa shape index (κ2) is 9.09. The SMILES string of the molecule is CN(C)C1C(O)=C(C(N)=O)CC2(O)C(O)=C3C(=O)c4c(O)ccc(C#CC5=CCCCC5)c4CC3CC12. The highest BCUT2D eigenvalue weighted by Crippen LogP contribution is 2.53. The summed E-state index contributed by atoms with van der Waals surface area (Å²) >= 11 is 0. The molecule has 0 saturated carbocycles. The van der Waals surface area contributed by atoms with Crippen LogP contribution in [0.2, 0.25) is 0 Å². The number of hydrogen-bond acceptors (Lipinski definition) is 7. The number of fused-ring (bicyclic) bond motifs is 3. The van der Waals surface area contributed by atoms with Crippen molar-refractivity contribution in [3.63, 3.8) is 0 Å². The molecule has 4 unspecified atom stereocenters. The first-order valence-electron chi connectivity index (χ1n) is 12.7. The molecule has 4 atom stereocenters. The van der Waals surface area contributed by atoms with Crippen molar-refractivity contribution >= 4 is 11.7 Å². The van der Waals surface area contributed by atoms with Gasteiger partial charge in [0.1, 0.15) is 22.9 Å². The van der Waals surface area contributed by atoms with Gasteiger partial charge in [0, 0.05) is 23.5 Å². The Hall–Kier alpha value is -3.54. The van der Waals surface area contributed by atoms with Crippen LogP contribution in [0.4, 0.5) is 0 Å². The van der Waals surface area contributed by atoms with Crippen LogP contribution >= 0.6 is 0 Å². The van der Waals surface area contributed by atoms with Gasteiger partial charge in [0.15, 0.2) is 5.78 Å². The van der Waals surface area contributed by atoms with E-state index in [4.69, 9.17) is 5.73 Å². The number of aromatic hydroxyl groups is 1. The Morgan fingerprint density at radius 1 is 1.16 bits per heavy atom. The van der Waals surface area contributed by atoms with Crippen molar-refractivity contribution in [3.8, 4) is 17.6 Å². The molecule has 0 aromatic heterocycles. The minimum Gasteiger partial charge on any atom is -0.510 e. The number of primary amides is 1. The standard InChI is InChI=1S/C29H32N2O6/c1-31(2)24-20-13-17-12-18-16(9-8-15-6-4-3-5-7-15)10-11-21(32)23(18)26(34)22(17)27(35)29(20,37)14-19(25(24)33)28(30)36/h6,10-11,17,20,24,32-33,35,37H,3-5,7,12-14H2,1-2H3,(H2,30,36). The molecule has 8 heteroatoms. The molecule has 5 rings (SSSR count). The Bertz CT molecular complexity index is 1360. The summed E-state index contributed by atoms with van der Waals surface area (Å²) < 4.78 is 0. The van der Waals surface area contributed by atoms with E-state index in [1.54, 1.807) is 25.1 Å². The minimum atomic E-state index is -1.97. The zero-order chi connectivity index (χ0) is 26.6. The van der Waals surface area contributed by atoms with E-state index in [0.717, 1.165) is 31.3 Å². The number of phenols is 1. The number of carbonyl (C=O) groups is 2. The molecule has 0 spiro atoms. The number of aliphatic hydroxyl groups is 3. The molecular weight excluding hydrogens is 472 g/mol. The number of Topliss-reactive ketones (excluding diaryl/α,β-unsaturated/α-hetero) is 1. The van der Waals surface area contributed by atoms with Crippen LogP contribution in [0, 0.1) is 23.7 Å². The first-order chi connectivity index (χ1) is 17.5. The zero-order valence-corrected chi connectivity index (χ0v) is 21.0. The third-order valence-electron chi connectivity index (χ3n) is 8.36. The summed E-state index contributed by atoms with van der Waals surface area (Å²) in [7, 11) is 3.41. The van der Waals surface area contributed by atoms with Crippen LogP contribution in [0.1, 0.15) is 60.0 Å². The zero-order valence-electron chi connectivity index (χ0n) is 21.0. The summed E-state index contributed by atoms with van der Waals surface area (Å²) in [4.78, 5) is 27.5. The van der Waals surface area contributed by atoms with Crippen LogP contribution in [-0.2, 0) is 11.2 Å². The number of allylic oxidation sites excluding steroid dienone is 3. The molecule has 0 radical (unpaired) electrons. The average molecular weight is 505 g/mol. The molecule has 1 amide bonds. The summed E-state index contributed by atoms with van der Waals surface area (Å²) in [5.74, 6) is 2.84. The van der Waals surface area contributed by atoms with Crippen molar-refractivity contribution in [2.75, 3.05) is 14.1 Å². The molecule has 6 N–H and O–H groups in total. The van der Waals surface area contributed by atoms with Gasteiger partial charge in [-0.25, -0.2) is 0 Å². The molecule has 0 bridgehead atoms. The topological polar surface area (TPSA) is 144 Å². The van der Waals surface area contributed by atoms with E-state index in [0.29, 0.717) is 17.5 Å². The lowest BCUT2D eigenvalue weighted by Gasteiger charge is -2.51. The van der Waals surface area contributed by atoms with Crippen molar-refractivity contribution in [1.82, 2.24) is 4.90 Å². The fourth-order valence-corrected chi connectivity index (χ4v) is 6.55. The van der Waals surface area contributed by atoms with E-state index in [9.17, 15) is 30.0 Å². The van der Waals surface area contributed by atoms with E-state index in [2.05, 4.69) is 17.9 Å². The predicted molar refractivity (Wildman–Crippen MR) is 137 cm³/mol. The molecule has 37 heavy (non-hydrogen) atoms. The van der Waals surface area contributed by atoms with Crippen molar-refractivity contribution in [2.45, 2.75) is 56.6 Å². The van der Waals surface area contributed by atoms with Gasteiger partial charge < -0.3 is 26.2 Å². The van der Waals surface area contributed by atoms with Gasteiger partial charge in [0.25, 0.3) is 0 Å². The maximum Gasteiger partial charge on any atom is 0.248 e. The number of carbonyl (C=O) groups excluding carboxylic acids is 2. The van der Waals surface area contributed by atoms with Gasteiger partial charge in [-0.3, -0.25) is 14.5 Å². The predicted octanol–water partition coefficient (Wildman–Crippen LogP) is 2.79. The fourth-order valence-electron chi connectivity index (χ4n) is 6.55. The number of nitrogens with zero attached hydrogens (tertiary/aromatic N) is 1. The molecular formula is C29H32N2O6. The van der Waals surface area contributed by atoms with Crippen molar-refractivity contribution < 1.29 is 30.0 Å². The summed E-state index contributed by atoms with van der Waals surface area (Å²) in [5, 5.41) is 44.7. The van der Waals surface area contributed by atoms with Gasteiger partial charge >= 0.3 is 0 Å². The third-order valence-corrected chi connectivity index (χ3v) is 8.36. The number of nitrogens with two attached hydrogens (primary N) is 1. The number of aliphatic hydroxyl groups excluding tert-OH is 2. The van der Waals surface area contributed by atoms with Crippen molar-refractivity contribution in [3.05, 3.63) is 63.1 Å². The van der Waals surface area contributed by atoms with Gasteiger partial charge in [-0.2, -0.15) is 0 Å². The Kier molecular flexibility index (Phi) is 6.17. The molecule has 1 aromatic carbocycles. The van der Waals surface area contributed by atoms with E-state index in [-0.39, 0.29) is 34.6 Å². The van der Waals surface area contributed by atoms with Gasteiger partial charge in [-0.15, -0.1) is 0 Å². The molecule has 1 aromatic rings. The van der Waals surface area contributed by atoms with Gasteiger partial charge in [-0.05, 0) is 81.8 Å². The lowest BCUT2D eigenvalue weighted by molar-refractivity contribution is -0.118. The fraction of sp³-hybridized carbons (Fsp3) is 0.448. The smallest absolute Gasteiger partial charge is 0.248 e. The van der Waals surface area contributed by atoms with Crippen LogP contribution in [0.15, 0.2) is 46.4 Å². The molecule has 8 nitrogen and oxygen atoms in total. The monoisotopic (exact) mass is 504 g/mol. The number of ketones is 1. The molecule has 4 aliphatic carbocycles. The Balaban J connectivity index is 1.62. The Morgan fingerprint density at radius 3 is 2.57 bits per heavy atom. The first-order valence-corrected chi connectivity index (χ1v) is 12.7. The molecule has 0 aliphatic heterocycles. The van der Waals surface area contributed by atoms with Crippen molar-refractivity contribution in [1.29, 1.82) is 0 Å². The summed E-state index contributed by atoms with van der Waals surface area (Å²) in [6.07, 6.45) is 6.51. The van der Waals surface area contributed by atoms with Gasteiger partial charge in [-0.1, -0.05) is 17.9 Å².